The van der Waals surface area contributed by atoms with Crippen molar-refractivity contribution in [2.45, 2.75) is 31.1 Å². The Labute approximate surface area is 173 Å². The molecule has 11 nitrogen and oxygen atoms in total. The summed E-state index contributed by atoms with van der Waals surface area (Å²) in [6, 6.07) is 4.86. The summed E-state index contributed by atoms with van der Waals surface area (Å²) >= 11 is 0. The van der Waals surface area contributed by atoms with Gasteiger partial charge in [-0.25, -0.2) is 13.1 Å². The number of nitrogens with zero attached hydrogens (tertiary/aromatic N) is 1. The highest BCUT2D eigenvalue weighted by Crippen LogP contribution is 2.16. The molecular weight excluding hydrogens is 418 g/mol. The maximum Gasteiger partial charge on any atom is 0.309 e. The van der Waals surface area contributed by atoms with Crippen LogP contribution in [0.1, 0.15) is 22.5 Å². The van der Waals surface area contributed by atoms with Crippen molar-refractivity contribution in [3.63, 3.8) is 0 Å². The number of aromatic nitrogens is 1. The predicted octanol–water partition coefficient (Wildman–Crippen LogP) is -0.149. The van der Waals surface area contributed by atoms with Crippen molar-refractivity contribution >= 4 is 21.9 Å². The Morgan fingerprint density at radius 1 is 1.27 bits per heavy atom. The minimum Gasteiger partial charge on any atom is -0.508 e. The molecule has 0 fully saturated rings. The number of sulfonamides is 1. The van der Waals surface area contributed by atoms with E-state index in [1.54, 1.807) is 12.1 Å². The van der Waals surface area contributed by atoms with Crippen LogP contribution in [0.25, 0.3) is 0 Å². The second kappa shape index (κ2) is 10.4. The number of amides is 1. The predicted molar refractivity (Wildman–Crippen MR) is 107 cm³/mol. The van der Waals surface area contributed by atoms with Gasteiger partial charge in [-0.3, -0.25) is 4.79 Å². The van der Waals surface area contributed by atoms with Gasteiger partial charge < -0.3 is 29.8 Å². The van der Waals surface area contributed by atoms with E-state index in [1.165, 1.54) is 19.2 Å². The number of benzene rings is 1. The van der Waals surface area contributed by atoms with Crippen molar-refractivity contribution in [3.8, 4) is 5.75 Å². The molecule has 2 rings (SSSR count). The van der Waals surface area contributed by atoms with Gasteiger partial charge in [0.25, 0.3) is 5.91 Å². The van der Waals surface area contributed by atoms with Crippen molar-refractivity contribution in [1.82, 2.24) is 10.3 Å². The second-order valence-corrected chi connectivity index (χ2v) is 8.45. The fourth-order valence-corrected chi connectivity index (χ4v) is 3.06. The number of nitrogens with one attached hydrogen (secondary N) is 2. The van der Waals surface area contributed by atoms with Crippen LogP contribution in [0.5, 0.6) is 5.75 Å². The van der Waals surface area contributed by atoms with Crippen LogP contribution in [-0.4, -0.2) is 72.9 Å². The van der Waals surface area contributed by atoms with E-state index in [-0.39, 0.29) is 36.9 Å². The summed E-state index contributed by atoms with van der Waals surface area (Å²) in [5.74, 6) is -0.671. The van der Waals surface area contributed by atoms with Gasteiger partial charge in [0.2, 0.25) is 10.0 Å². The number of phenols is 1. The average Bonchev–Trinajstić information content (AvgIpc) is 3.13. The smallest absolute Gasteiger partial charge is 0.309 e. The molecule has 0 aliphatic rings. The van der Waals surface area contributed by atoms with Crippen LogP contribution in [-0.2, 0) is 21.2 Å². The number of carbonyl (C=O) groups excluding carboxylic acids is 1. The number of aliphatic hydroxyl groups excluding tert-OH is 2. The van der Waals surface area contributed by atoms with Crippen LogP contribution in [0, 0.1) is 0 Å². The third kappa shape index (κ3) is 7.30. The van der Waals surface area contributed by atoms with Gasteiger partial charge in [0, 0.05) is 13.7 Å². The van der Waals surface area contributed by atoms with Gasteiger partial charge >= 0.3 is 6.01 Å². The summed E-state index contributed by atoms with van der Waals surface area (Å²) in [4.78, 5) is 16.3. The maximum atomic E-state index is 12.6. The molecule has 12 heteroatoms. The van der Waals surface area contributed by atoms with E-state index in [0.717, 1.165) is 12.5 Å². The molecule has 0 saturated heterocycles. The number of hydrogen-bond acceptors (Lipinski definition) is 9. The first-order valence-electron chi connectivity index (χ1n) is 8.96. The number of ether oxygens (including phenoxy) is 1. The van der Waals surface area contributed by atoms with Crippen LogP contribution in [0.4, 0.5) is 6.01 Å². The zero-order chi connectivity index (χ0) is 22.3. The Bertz CT molecular complexity index is 929. The quantitative estimate of drug-likeness (QED) is 0.317. The fraction of sp³-hybridized carbons (Fsp3) is 0.444. The summed E-state index contributed by atoms with van der Waals surface area (Å²) in [7, 11) is -2.17. The molecule has 1 aromatic carbocycles. The lowest BCUT2D eigenvalue weighted by molar-refractivity contribution is -0.0177. The molecule has 0 radical (unpaired) electrons. The molecule has 1 heterocycles. The van der Waals surface area contributed by atoms with Crippen LogP contribution in [0.2, 0.25) is 0 Å². The van der Waals surface area contributed by atoms with Gasteiger partial charge in [-0.1, -0.05) is 12.1 Å². The number of aromatic hydroxyl groups is 1. The Morgan fingerprint density at radius 3 is 2.53 bits per heavy atom. The molecule has 0 saturated carbocycles. The van der Waals surface area contributed by atoms with E-state index >= 15 is 0 Å². The van der Waals surface area contributed by atoms with E-state index in [2.05, 4.69) is 10.3 Å². The van der Waals surface area contributed by atoms with Gasteiger partial charge in [0.1, 0.15) is 18.1 Å². The third-order valence-electron chi connectivity index (χ3n) is 4.14. The largest absolute Gasteiger partial charge is 0.508 e. The standard InChI is InChI=1S/C18H25N3O8S/c1-28-8-7-15(23)16(24)13(9-11-3-5-12(22)6-4-11)19-17(25)14-10-29-18(20-14)21-30(2,26)27/h3-6,10,13,15-16,22-24H,7-9H2,1-2H3,(H,19,25)(H,20,21). The molecule has 0 aliphatic carbocycles. The number of methoxy groups -OCH3 is 1. The number of phenolic OH excluding ortho intramolecular Hbond substituents is 1. The lowest BCUT2D eigenvalue weighted by Crippen LogP contribution is -2.50. The van der Waals surface area contributed by atoms with Gasteiger partial charge in [-0.05, 0) is 30.5 Å². The molecule has 30 heavy (non-hydrogen) atoms. The third-order valence-corrected chi connectivity index (χ3v) is 4.69. The van der Waals surface area contributed by atoms with Crippen molar-refractivity contribution in [2.24, 2.45) is 0 Å². The molecule has 3 atom stereocenters. The maximum absolute atomic E-state index is 12.6. The lowest BCUT2D eigenvalue weighted by atomic mass is 9.96. The highest BCUT2D eigenvalue weighted by Gasteiger charge is 2.29. The van der Waals surface area contributed by atoms with Crippen LogP contribution < -0.4 is 10.0 Å². The highest BCUT2D eigenvalue weighted by atomic mass is 32.2. The Morgan fingerprint density at radius 2 is 1.93 bits per heavy atom. The number of hydrogen-bond donors (Lipinski definition) is 5. The number of carbonyl (C=O) groups is 1. The van der Waals surface area contributed by atoms with Gasteiger partial charge in [-0.2, -0.15) is 4.98 Å². The number of anilines is 1. The zero-order valence-corrected chi connectivity index (χ0v) is 17.3. The summed E-state index contributed by atoms with van der Waals surface area (Å²) in [5.41, 5.74) is 0.478. The molecule has 1 aromatic heterocycles. The summed E-state index contributed by atoms with van der Waals surface area (Å²) in [6.45, 7) is 0.210. The Kier molecular flexibility index (Phi) is 8.17. The van der Waals surface area contributed by atoms with Crippen molar-refractivity contribution < 1.29 is 37.7 Å². The second-order valence-electron chi connectivity index (χ2n) is 6.70. The number of aliphatic hydroxyl groups is 2. The Hall–Kier alpha value is -2.67. The van der Waals surface area contributed by atoms with Crippen LogP contribution in [0.15, 0.2) is 34.9 Å². The van der Waals surface area contributed by atoms with E-state index in [9.17, 15) is 28.5 Å². The number of oxazole rings is 1. The first-order chi connectivity index (χ1) is 14.1. The minimum atomic E-state index is -3.63. The molecule has 3 unspecified atom stereocenters. The van der Waals surface area contributed by atoms with E-state index < -0.39 is 34.2 Å². The van der Waals surface area contributed by atoms with Gasteiger partial charge in [0.15, 0.2) is 5.69 Å². The van der Waals surface area contributed by atoms with E-state index in [1.807, 2.05) is 4.72 Å². The first kappa shape index (κ1) is 23.6. The molecule has 166 valence electrons. The van der Waals surface area contributed by atoms with Crippen molar-refractivity contribution in [3.05, 3.63) is 41.8 Å². The van der Waals surface area contributed by atoms with E-state index in [0.29, 0.717) is 5.56 Å². The fourth-order valence-electron chi connectivity index (χ4n) is 2.65. The lowest BCUT2D eigenvalue weighted by Gasteiger charge is -2.27. The highest BCUT2D eigenvalue weighted by molar-refractivity contribution is 7.91. The zero-order valence-electron chi connectivity index (χ0n) is 16.5. The molecule has 5 N–H and O–H groups in total. The molecule has 0 spiro atoms. The van der Waals surface area contributed by atoms with E-state index in [4.69, 9.17) is 9.15 Å². The Balaban J connectivity index is 2.16. The summed E-state index contributed by atoms with van der Waals surface area (Å²) in [5, 5.41) is 32.8. The van der Waals surface area contributed by atoms with Crippen LogP contribution in [0.3, 0.4) is 0 Å². The van der Waals surface area contributed by atoms with Gasteiger partial charge in [-0.15, -0.1) is 0 Å². The topological polar surface area (TPSA) is 171 Å². The summed E-state index contributed by atoms with van der Waals surface area (Å²) in [6.07, 6.45) is -0.350. The SMILES string of the molecule is COCCC(O)C(O)C(Cc1ccc(O)cc1)NC(=O)c1coc(NS(C)(=O)=O)n1. The average molecular weight is 443 g/mol. The molecule has 2 aromatic rings. The monoisotopic (exact) mass is 443 g/mol. The van der Waals surface area contributed by atoms with Crippen molar-refractivity contribution in [1.29, 1.82) is 0 Å². The van der Waals surface area contributed by atoms with Gasteiger partial charge in [0.05, 0.1) is 18.4 Å². The molecule has 1 amide bonds. The van der Waals surface area contributed by atoms with Crippen molar-refractivity contribution in [2.75, 3.05) is 24.7 Å². The minimum absolute atomic E-state index is 0.0634. The molecule has 0 aliphatic heterocycles. The van der Waals surface area contributed by atoms with Crippen LogP contribution >= 0.6 is 0 Å². The summed E-state index contributed by atoms with van der Waals surface area (Å²) < 4.78 is 34.3. The molecular formula is C18H25N3O8S. The number of rotatable bonds is 11. The normalized spacial score (nSPS) is 14.7. The first-order valence-corrected chi connectivity index (χ1v) is 10.9. The molecule has 0 bridgehead atoms.